The van der Waals surface area contributed by atoms with Gasteiger partial charge in [-0.25, -0.2) is 0 Å². The Bertz CT molecular complexity index is 1210. The molecule has 8 rings (SSSR count). The molecule has 0 radical (unpaired) electrons. The lowest BCUT2D eigenvalue weighted by Gasteiger charge is -2.59. The van der Waals surface area contributed by atoms with E-state index in [0.717, 1.165) is 43.9 Å². The van der Waals surface area contributed by atoms with E-state index in [1.807, 2.05) is 11.5 Å². The third-order valence-electron chi connectivity index (χ3n) is 9.89. The third kappa shape index (κ3) is 4.24. The largest absolute Gasteiger partial charge is 0.391 e. The third-order valence-corrected chi connectivity index (χ3v) is 11.0. The number of piperidine rings is 1. The molecular weight excluding hydrogens is 450 g/mol. The first-order chi connectivity index (χ1) is 17.1. The lowest BCUT2D eigenvalue weighted by atomic mass is 9.48. The van der Waals surface area contributed by atoms with Crippen LogP contribution in [0.2, 0.25) is 0 Å². The number of aromatic amines is 1. The van der Waals surface area contributed by atoms with Gasteiger partial charge in [-0.2, -0.15) is 0 Å². The van der Waals surface area contributed by atoms with E-state index >= 15 is 0 Å². The van der Waals surface area contributed by atoms with Crippen molar-refractivity contribution in [2.75, 3.05) is 19.6 Å². The van der Waals surface area contributed by atoms with E-state index in [-0.39, 0.29) is 11.5 Å². The molecule has 186 valence electrons. The Morgan fingerprint density at radius 2 is 1.51 bits per heavy atom. The zero-order chi connectivity index (χ0) is 23.4. The van der Waals surface area contributed by atoms with Crippen molar-refractivity contribution in [3.05, 3.63) is 48.5 Å². The van der Waals surface area contributed by atoms with Gasteiger partial charge in [0.1, 0.15) is 0 Å². The number of H-pyrrole nitrogens is 1. The second-order valence-electron chi connectivity index (χ2n) is 12.3. The van der Waals surface area contributed by atoms with Crippen LogP contribution in [0.1, 0.15) is 51.4 Å². The van der Waals surface area contributed by atoms with Crippen molar-refractivity contribution >= 4 is 32.8 Å². The van der Waals surface area contributed by atoms with Crippen LogP contribution >= 0.6 is 11.5 Å². The molecule has 2 heterocycles. The Morgan fingerprint density at radius 1 is 0.886 bits per heavy atom. The quantitative estimate of drug-likeness (QED) is 0.424. The van der Waals surface area contributed by atoms with Gasteiger partial charge in [-0.1, -0.05) is 35.8 Å². The van der Waals surface area contributed by atoms with Gasteiger partial charge in [-0.05, 0) is 118 Å². The summed E-state index contributed by atoms with van der Waals surface area (Å²) in [6.07, 6.45) is 10.6. The monoisotopic (exact) mass is 489 g/mol. The molecule has 35 heavy (non-hydrogen) atoms. The molecule has 4 bridgehead atoms. The van der Waals surface area contributed by atoms with Gasteiger partial charge in [0.25, 0.3) is 0 Å². The van der Waals surface area contributed by atoms with E-state index in [2.05, 4.69) is 62.4 Å². The Balaban J connectivity index is 1.04. The van der Waals surface area contributed by atoms with Gasteiger partial charge in [0.15, 0.2) is 0 Å². The summed E-state index contributed by atoms with van der Waals surface area (Å²) < 4.78 is 3.80. The highest BCUT2D eigenvalue weighted by atomic mass is 32.1. The van der Waals surface area contributed by atoms with Crippen LogP contribution in [0, 0.1) is 29.1 Å². The standard InChI is InChI=1S/C30H39N3OS/c34-29(30-16-22-13-23(17-30)15-24(14-22)18-30)20-32-11-9-21(10-12-32)19-33-27-7-3-1-5-25(27)31-26-6-2-4-8-28(26)35-33/h1-8,21-24,29,31,34H,9-20H2. The topological polar surface area (TPSA) is 44.2 Å². The molecule has 1 unspecified atom stereocenters. The maximum Gasteiger partial charge on any atom is 0.0743 e. The summed E-state index contributed by atoms with van der Waals surface area (Å²) in [5.74, 6) is 3.43. The number of aliphatic hydroxyl groups is 1. The number of para-hydroxylation sites is 3. The molecule has 5 heteroatoms. The number of nitrogens with zero attached hydrogens (tertiary/aromatic N) is 2. The highest BCUT2D eigenvalue weighted by Gasteiger charge is 2.54. The maximum atomic E-state index is 11.5. The Kier molecular flexibility index (Phi) is 5.71. The van der Waals surface area contributed by atoms with Crippen molar-refractivity contribution < 1.29 is 5.11 Å². The number of β-amino-alcohol motifs (C(OH)–C–C–N with tert-alkyl or cyclic N) is 1. The summed E-state index contributed by atoms with van der Waals surface area (Å²) in [5.41, 5.74) is 3.92. The Labute approximate surface area is 212 Å². The van der Waals surface area contributed by atoms with Crippen molar-refractivity contribution in [2.24, 2.45) is 29.1 Å². The van der Waals surface area contributed by atoms with Crippen LogP contribution in [0.3, 0.4) is 0 Å². The van der Waals surface area contributed by atoms with Gasteiger partial charge >= 0.3 is 0 Å². The van der Waals surface area contributed by atoms with Crippen LogP contribution in [0.15, 0.2) is 48.5 Å². The van der Waals surface area contributed by atoms with E-state index in [9.17, 15) is 5.11 Å². The number of fused-ring (bicyclic) bond motifs is 2. The molecular formula is C30H39N3OS. The molecule has 4 nitrogen and oxygen atoms in total. The molecule has 5 aliphatic rings. The zero-order valence-electron chi connectivity index (χ0n) is 20.7. The summed E-state index contributed by atoms with van der Waals surface area (Å²) in [6.45, 7) is 4.23. The number of hydrogen-bond donors (Lipinski definition) is 2. The fourth-order valence-electron chi connectivity index (χ4n) is 8.50. The molecule has 2 aromatic carbocycles. The van der Waals surface area contributed by atoms with Gasteiger partial charge in [-0.3, -0.25) is 3.96 Å². The lowest BCUT2D eigenvalue weighted by molar-refractivity contribution is -0.128. The molecule has 1 aromatic heterocycles. The minimum atomic E-state index is -0.122. The van der Waals surface area contributed by atoms with Crippen LogP contribution in [0.25, 0.3) is 21.3 Å². The summed E-state index contributed by atoms with van der Waals surface area (Å²) in [7, 11) is 0. The number of rotatable bonds is 5. The minimum absolute atomic E-state index is 0.122. The molecule has 0 spiro atoms. The van der Waals surface area contributed by atoms with E-state index < -0.39 is 0 Å². The molecule has 4 saturated carbocycles. The van der Waals surface area contributed by atoms with E-state index in [0.29, 0.717) is 5.92 Å². The average Bonchev–Trinajstić information content (AvgIpc) is 3.01. The number of aromatic nitrogens is 2. The minimum Gasteiger partial charge on any atom is -0.391 e. The zero-order valence-corrected chi connectivity index (χ0v) is 21.6. The van der Waals surface area contributed by atoms with Crippen molar-refractivity contribution in [2.45, 2.75) is 64.0 Å². The predicted octanol–water partition coefficient (Wildman–Crippen LogP) is 6.60. The van der Waals surface area contributed by atoms with Crippen molar-refractivity contribution in [3.8, 4) is 0 Å². The van der Waals surface area contributed by atoms with Gasteiger partial charge in [-0.15, -0.1) is 0 Å². The van der Waals surface area contributed by atoms with E-state index in [4.69, 9.17) is 0 Å². The Morgan fingerprint density at radius 3 is 2.23 bits per heavy atom. The number of nitrogens with one attached hydrogen (secondary N) is 1. The molecule has 4 aliphatic carbocycles. The van der Waals surface area contributed by atoms with Crippen molar-refractivity contribution in [1.82, 2.24) is 13.8 Å². The molecule has 1 atom stereocenters. The number of hydrogen-bond acceptors (Lipinski definition) is 3. The smallest absolute Gasteiger partial charge is 0.0743 e. The molecule has 1 saturated heterocycles. The lowest BCUT2D eigenvalue weighted by Crippen LogP contribution is -2.55. The molecule has 0 amide bonds. The second kappa shape index (κ2) is 8.93. The maximum absolute atomic E-state index is 11.5. The van der Waals surface area contributed by atoms with Gasteiger partial charge in [0.05, 0.1) is 27.4 Å². The van der Waals surface area contributed by atoms with Gasteiger partial charge in [0, 0.05) is 13.1 Å². The van der Waals surface area contributed by atoms with Crippen LogP contribution in [0.4, 0.5) is 0 Å². The summed E-state index contributed by atoms with van der Waals surface area (Å²) in [5, 5.41) is 11.5. The van der Waals surface area contributed by atoms with E-state index in [1.54, 1.807) is 0 Å². The highest BCUT2D eigenvalue weighted by Crippen LogP contribution is 2.61. The number of likely N-dealkylation sites (tertiary alicyclic amines) is 1. The molecule has 5 fully saturated rings. The second-order valence-corrected chi connectivity index (χ2v) is 13.4. The fourth-order valence-corrected chi connectivity index (χ4v) is 9.64. The highest BCUT2D eigenvalue weighted by molar-refractivity contribution is 7.13. The van der Waals surface area contributed by atoms with Crippen LogP contribution in [-0.4, -0.2) is 44.7 Å². The predicted molar refractivity (Wildman–Crippen MR) is 145 cm³/mol. The first kappa shape index (κ1) is 22.4. The van der Waals surface area contributed by atoms with E-state index in [1.165, 1.54) is 72.6 Å². The first-order valence-corrected chi connectivity index (χ1v) is 14.7. The fraction of sp³-hybridized carbons (Fsp3) is 0.600. The average molecular weight is 490 g/mol. The molecule has 1 aliphatic heterocycles. The molecule has 3 aromatic rings. The van der Waals surface area contributed by atoms with Gasteiger partial charge in [0.2, 0.25) is 0 Å². The normalized spacial score (nSPS) is 31.9. The van der Waals surface area contributed by atoms with Crippen molar-refractivity contribution in [3.63, 3.8) is 0 Å². The SMILES string of the molecule is OC(CN1CCC(Cn2sc3ccccc3[nH]c3ccccc32)CC1)C12CC3CC(CC(C3)C1)C2. The summed E-state index contributed by atoms with van der Waals surface area (Å²) >= 11 is 1.87. The van der Waals surface area contributed by atoms with Crippen LogP contribution in [-0.2, 0) is 6.54 Å². The number of aliphatic hydroxyl groups excluding tert-OH is 1. The molecule has 2 N–H and O–H groups in total. The first-order valence-electron chi connectivity index (χ1n) is 13.9. The number of benzene rings is 2. The summed E-state index contributed by atoms with van der Waals surface area (Å²) in [6, 6.07) is 17.4. The van der Waals surface area contributed by atoms with Crippen molar-refractivity contribution in [1.29, 1.82) is 0 Å². The van der Waals surface area contributed by atoms with Gasteiger partial charge < -0.3 is 15.0 Å². The van der Waals surface area contributed by atoms with Crippen LogP contribution in [0.5, 0.6) is 0 Å². The Hall–Kier alpha value is -1.82. The summed E-state index contributed by atoms with van der Waals surface area (Å²) in [4.78, 5) is 6.24. The van der Waals surface area contributed by atoms with Crippen LogP contribution < -0.4 is 0 Å².